The predicted octanol–water partition coefficient (Wildman–Crippen LogP) is 4.16. The molecule has 1 aliphatic heterocycles. The summed E-state index contributed by atoms with van der Waals surface area (Å²) in [6.45, 7) is 5.64. The van der Waals surface area contributed by atoms with Crippen LogP contribution in [0.15, 0.2) is 4.99 Å². The third kappa shape index (κ3) is 4.07. The Balaban J connectivity index is 1.80. The van der Waals surface area contributed by atoms with Crippen LogP contribution in [0.25, 0.3) is 0 Å². The summed E-state index contributed by atoms with van der Waals surface area (Å²) >= 11 is 3.99. The lowest BCUT2D eigenvalue weighted by atomic mass is 9.84. The van der Waals surface area contributed by atoms with Gasteiger partial charge < -0.3 is 5.32 Å². The van der Waals surface area contributed by atoms with Crippen LogP contribution in [0, 0.1) is 5.41 Å². The molecule has 0 aromatic rings. The van der Waals surface area contributed by atoms with E-state index in [-0.39, 0.29) is 0 Å². The van der Waals surface area contributed by atoms with Gasteiger partial charge in [0.1, 0.15) is 0 Å². The molecule has 0 atom stereocenters. The monoisotopic (exact) mass is 300 g/mol. The molecule has 0 aromatic heterocycles. The Morgan fingerprint density at radius 3 is 2.42 bits per heavy atom. The molecule has 110 valence electrons. The summed E-state index contributed by atoms with van der Waals surface area (Å²) in [6, 6.07) is 0.672. The van der Waals surface area contributed by atoms with Crippen LogP contribution in [-0.4, -0.2) is 35.0 Å². The number of aliphatic imine (C=N–C) groups is 1. The molecule has 4 heteroatoms. The van der Waals surface area contributed by atoms with Crippen molar-refractivity contribution in [1.82, 2.24) is 5.32 Å². The van der Waals surface area contributed by atoms with E-state index in [2.05, 4.69) is 25.4 Å². The maximum Gasteiger partial charge on any atom is 0.156 e. The van der Waals surface area contributed by atoms with E-state index in [0.29, 0.717) is 11.5 Å². The minimum absolute atomic E-state index is 0.465. The number of rotatable bonds is 4. The van der Waals surface area contributed by atoms with Crippen molar-refractivity contribution in [1.29, 1.82) is 0 Å². The molecule has 1 N–H and O–H groups in total. The van der Waals surface area contributed by atoms with E-state index in [1.807, 2.05) is 23.5 Å². The molecular formula is C15H28N2S2. The van der Waals surface area contributed by atoms with Crippen LogP contribution in [0.3, 0.4) is 0 Å². The number of amidine groups is 1. The van der Waals surface area contributed by atoms with Crippen LogP contribution in [0.5, 0.6) is 0 Å². The van der Waals surface area contributed by atoms with E-state index >= 15 is 0 Å². The third-order valence-corrected chi connectivity index (χ3v) is 7.32. The molecule has 2 nitrogen and oxygen atoms in total. The Kier molecular flexibility index (Phi) is 5.94. The second-order valence-corrected chi connectivity index (χ2v) is 8.07. The van der Waals surface area contributed by atoms with Gasteiger partial charge in [-0.05, 0) is 50.2 Å². The van der Waals surface area contributed by atoms with Gasteiger partial charge in [0.05, 0.1) is 0 Å². The lowest BCUT2D eigenvalue weighted by Crippen LogP contribution is -2.40. The fourth-order valence-electron chi connectivity index (χ4n) is 2.93. The normalized spacial score (nSPS) is 30.8. The zero-order valence-electron chi connectivity index (χ0n) is 12.6. The van der Waals surface area contributed by atoms with Gasteiger partial charge in [0.2, 0.25) is 0 Å². The SMILES string of the molecule is CCC1(CC)CN=C(NC2CCC(SC)CC2)SC1. The minimum Gasteiger partial charge on any atom is -0.362 e. The topological polar surface area (TPSA) is 24.4 Å². The van der Waals surface area contributed by atoms with Crippen LogP contribution >= 0.6 is 23.5 Å². The molecule has 0 radical (unpaired) electrons. The molecule has 0 spiro atoms. The van der Waals surface area contributed by atoms with Gasteiger partial charge in [0.15, 0.2) is 5.17 Å². The largest absolute Gasteiger partial charge is 0.362 e. The van der Waals surface area contributed by atoms with Crippen molar-refractivity contribution in [2.45, 2.75) is 63.7 Å². The Morgan fingerprint density at radius 2 is 1.95 bits per heavy atom. The Bertz CT molecular complexity index is 305. The van der Waals surface area contributed by atoms with E-state index in [1.165, 1.54) is 49.4 Å². The highest BCUT2D eigenvalue weighted by Crippen LogP contribution is 2.35. The maximum absolute atomic E-state index is 4.82. The number of hydrogen-bond acceptors (Lipinski definition) is 4. The van der Waals surface area contributed by atoms with Crippen LogP contribution in [0.4, 0.5) is 0 Å². The molecule has 0 bridgehead atoms. The molecule has 0 aromatic carbocycles. The second kappa shape index (κ2) is 7.26. The van der Waals surface area contributed by atoms with Crippen LogP contribution in [0.2, 0.25) is 0 Å². The van der Waals surface area contributed by atoms with Crippen LogP contribution in [-0.2, 0) is 0 Å². The Labute approximate surface area is 127 Å². The van der Waals surface area contributed by atoms with Crippen molar-refractivity contribution in [3.63, 3.8) is 0 Å². The van der Waals surface area contributed by atoms with Crippen molar-refractivity contribution in [2.75, 3.05) is 18.6 Å². The molecule has 0 amide bonds. The van der Waals surface area contributed by atoms with Gasteiger partial charge in [0.25, 0.3) is 0 Å². The van der Waals surface area contributed by atoms with Gasteiger partial charge in [-0.2, -0.15) is 11.8 Å². The molecule has 1 fully saturated rings. The lowest BCUT2D eigenvalue weighted by Gasteiger charge is -2.35. The molecule has 0 unspecified atom stereocenters. The van der Waals surface area contributed by atoms with E-state index < -0.39 is 0 Å². The second-order valence-electron chi connectivity index (χ2n) is 5.97. The first-order chi connectivity index (χ1) is 9.21. The zero-order valence-corrected chi connectivity index (χ0v) is 14.2. The van der Waals surface area contributed by atoms with Crippen molar-refractivity contribution < 1.29 is 0 Å². The Hall–Kier alpha value is 0.170. The molecule has 0 saturated heterocycles. The number of hydrogen-bond donors (Lipinski definition) is 1. The number of thioether (sulfide) groups is 2. The first kappa shape index (κ1) is 15.6. The van der Waals surface area contributed by atoms with Gasteiger partial charge in [-0.1, -0.05) is 25.6 Å². The summed E-state index contributed by atoms with van der Waals surface area (Å²) in [7, 11) is 0. The van der Waals surface area contributed by atoms with Crippen molar-refractivity contribution in [3.8, 4) is 0 Å². The molecule has 2 rings (SSSR count). The van der Waals surface area contributed by atoms with Gasteiger partial charge in [-0.15, -0.1) is 0 Å². The fraction of sp³-hybridized carbons (Fsp3) is 0.933. The van der Waals surface area contributed by atoms with Crippen molar-refractivity contribution in [2.24, 2.45) is 10.4 Å². The van der Waals surface area contributed by atoms with E-state index in [0.717, 1.165) is 11.8 Å². The van der Waals surface area contributed by atoms with Gasteiger partial charge in [-0.3, -0.25) is 4.99 Å². The van der Waals surface area contributed by atoms with Gasteiger partial charge in [-0.25, -0.2) is 0 Å². The van der Waals surface area contributed by atoms with Gasteiger partial charge >= 0.3 is 0 Å². The predicted molar refractivity (Wildman–Crippen MR) is 90.5 cm³/mol. The molecule has 1 heterocycles. The number of nitrogens with one attached hydrogen (secondary N) is 1. The van der Waals surface area contributed by atoms with Crippen molar-refractivity contribution >= 4 is 28.7 Å². The average Bonchev–Trinajstić information content (AvgIpc) is 2.49. The smallest absolute Gasteiger partial charge is 0.156 e. The standard InChI is InChI=1S/C15H28N2S2/c1-4-15(5-2)10-16-14(19-11-15)17-12-6-8-13(18-3)9-7-12/h12-13H,4-11H2,1-3H3,(H,16,17). The summed E-state index contributed by atoms with van der Waals surface area (Å²) in [5, 5.41) is 5.80. The highest BCUT2D eigenvalue weighted by Gasteiger charge is 2.31. The summed E-state index contributed by atoms with van der Waals surface area (Å²) in [4.78, 5) is 4.82. The van der Waals surface area contributed by atoms with Gasteiger partial charge in [0, 0.05) is 23.6 Å². The molecule has 19 heavy (non-hydrogen) atoms. The quantitative estimate of drug-likeness (QED) is 0.843. The first-order valence-electron chi connectivity index (χ1n) is 7.68. The summed E-state index contributed by atoms with van der Waals surface area (Å²) < 4.78 is 0. The molecular weight excluding hydrogens is 272 g/mol. The average molecular weight is 301 g/mol. The molecule has 1 saturated carbocycles. The molecule has 2 aliphatic rings. The lowest BCUT2D eigenvalue weighted by molar-refractivity contribution is 0.317. The maximum atomic E-state index is 4.82. The fourth-order valence-corrected chi connectivity index (χ4v) is 5.03. The molecule has 1 aliphatic carbocycles. The zero-order chi connectivity index (χ0) is 13.7. The van der Waals surface area contributed by atoms with Crippen LogP contribution in [0.1, 0.15) is 52.4 Å². The summed E-state index contributed by atoms with van der Waals surface area (Å²) in [5.74, 6) is 1.24. The number of nitrogens with zero attached hydrogens (tertiary/aromatic N) is 1. The van der Waals surface area contributed by atoms with E-state index in [1.54, 1.807) is 0 Å². The summed E-state index contributed by atoms with van der Waals surface area (Å²) in [6.07, 6.45) is 10.1. The third-order valence-electron chi connectivity index (χ3n) is 4.91. The summed E-state index contributed by atoms with van der Waals surface area (Å²) in [5.41, 5.74) is 0.465. The Morgan fingerprint density at radius 1 is 1.26 bits per heavy atom. The minimum atomic E-state index is 0.465. The van der Waals surface area contributed by atoms with Crippen molar-refractivity contribution in [3.05, 3.63) is 0 Å². The van der Waals surface area contributed by atoms with E-state index in [4.69, 9.17) is 4.99 Å². The first-order valence-corrected chi connectivity index (χ1v) is 9.95. The van der Waals surface area contributed by atoms with E-state index in [9.17, 15) is 0 Å². The highest BCUT2D eigenvalue weighted by atomic mass is 32.2. The highest BCUT2D eigenvalue weighted by molar-refractivity contribution is 8.13. The van der Waals surface area contributed by atoms with Crippen LogP contribution < -0.4 is 5.32 Å².